The predicted molar refractivity (Wildman–Crippen MR) is 86.8 cm³/mol. The number of nitrogens with zero attached hydrogens (tertiary/aromatic N) is 2. The summed E-state index contributed by atoms with van der Waals surface area (Å²) >= 11 is 0. The molecule has 1 aromatic rings. The van der Waals surface area contributed by atoms with E-state index in [2.05, 4.69) is 19.5 Å². The summed E-state index contributed by atoms with van der Waals surface area (Å²) in [5.41, 5.74) is 11.3. The molecule has 1 unspecified atom stereocenters. The number of nitrogens with one attached hydrogen (secondary N) is 1. The van der Waals surface area contributed by atoms with E-state index in [9.17, 15) is 14.5 Å². The number of hydrogen-bond acceptors (Lipinski definition) is 10. The molecule has 0 aliphatic carbocycles. The molecule has 1 fully saturated rings. The van der Waals surface area contributed by atoms with Crippen LogP contribution < -0.4 is 17.0 Å². The minimum atomic E-state index is -4.84. The molecule has 0 aromatic carbocycles. The minimum absolute atomic E-state index is 0.0378. The van der Waals surface area contributed by atoms with Crippen LogP contribution >= 0.6 is 7.82 Å². The highest BCUT2D eigenvalue weighted by molar-refractivity contribution is 7.46. The van der Waals surface area contributed by atoms with Crippen LogP contribution in [0.5, 0.6) is 0 Å². The number of aliphatic imine (C=N–C) groups is 1. The molecule has 8 N–H and O–H groups in total. The van der Waals surface area contributed by atoms with E-state index in [1.807, 2.05) is 0 Å². The monoisotopic (exact) mass is 391 g/mol. The van der Waals surface area contributed by atoms with Gasteiger partial charge in [0, 0.05) is 13.3 Å². The van der Waals surface area contributed by atoms with Crippen molar-refractivity contribution >= 4 is 25.7 Å². The van der Waals surface area contributed by atoms with Crippen LogP contribution in [-0.2, 0) is 18.6 Å². The van der Waals surface area contributed by atoms with Crippen molar-refractivity contribution in [2.24, 2.45) is 10.7 Å². The van der Waals surface area contributed by atoms with Gasteiger partial charge in [-0.1, -0.05) is 0 Å². The summed E-state index contributed by atoms with van der Waals surface area (Å²) in [6.45, 7) is -0.777. The Labute approximate surface area is 146 Å². The van der Waals surface area contributed by atoms with Crippen LogP contribution in [0.15, 0.2) is 9.79 Å². The zero-order valence-electron chi connectivity index (χ0n) is 13.5. The first kappa shape index (κ1) is 19.1. The largest absolute Gasteiger partial charge is 0.469 e. The number of phosphoric acid groups is 1. The van der Waals surface area contributed by atoms with Crippen LogP contribution in [0.1, 0.15) is 11.6 Å². The first-order valence-corrected chi connectivity index (χ1v) is 8.91. The number of nitrogens with two attached hydrogens (primary N) is 2. The molecule has 14 heteroatoms. The van der Waals surface area contributed by atoms with Crippen LogP contribution in [-0.4, -0.2) is 68.8 Å². The second kappa shape index (κ2) is 6.48. The maximum absolute atomic E-state index is 11.9. The van der Waals surface area contributed by atoms with Gasteiger partial charge in [0.2, 0.25) is 11.7 Å². The second-order valence-electron chi connectivity index (χ2n) is 5.87. The van der Waals surface area contributed by atoms with Gasteiger partial charge >= 0.3 is 7.82 Å². The number of rotatable bonds is 5. The van der Waals surface area contributed by atoms with Gasteiger partial charge in [-0.2, -0.15) is 0 Å². The standard InChI is InChI=1S/C12H18N5O8P/c1-23-12(3-24-26(20,21)22)9(18)5(13)8(25-12)4-2-15-7-6(4)16-11(14)17-10(7)19/h2,4-5,8-9,18H,3,13H2,1H3,(H2,20,21,22)(H3,14,16,17,19)/t4?,5-,8+,9+,12-/m1/s1. The lowest BCUT2D eigenvalue weighted by molar-refractivity contribution is -0.259. The molecule has 0 bridgehead atoms. The highest BCUT2D eigenvalue weighted by Crippen LogP contribution is 2.44. The molecule has 13 nitrogen and oxygen atoms in total. The number of fused-ring (bicyclic) bond motifs is 1. The van der Waals surface area contributed by atoms with Gasteiger partial charge in [-0.15, -0.1) is 0 Å². The molecule has 0 radical (unpaired) electrons. The Morgan fingerprint density at radius 1 is 1.50 bits per heavy atom. The minimum Gasteiger partial charge on any atom is -0.386 e. The summed E-state index contributed by atoms with van der Waals surface area (Å²) in [6, 6.07) is -1.06. The highest BCUT2D eigenvalue weighted by Gasteiger charge is 2.57. The zero-order valence-corrected chi connectivity index (χ0v) is 14.4. The number of ether oxygens (including phenoxy) is 2. The number of hydrogen-bond donors (Lipinski definition) is 6. The summed E-state index contributed by atoms with van der Waals surface area (Å²) in [4.78, 5) is 40.0. The number of H-pyrrole nitrogens is 1. The quantitative estimate of drug-likeness (QED) is 0.293. The van der Waals surface area contributed by atoms with Crippen molar-refractivity contribution in [2.45, 2.75) is 30.0 Å². The number of phosphoric ester groups is 1. The second-order valence-corrected chi connectivity index (χ2v) is 7.11. The number of aromatic nitrogens is 2. The molecule has 3 heterocycles. The summed E-state index contributed by atoms with van der Waals surface area (Å²) in [7, 11) is -3.68. The molecular formula is C12H18N5O8P. The number of aromatic amines is 1. The summed E-state index contributed by atoms with van der Waals surface area (Å²) in [6.07, 6.45) is -1.08. The Morgan fingerprint density at radius 2 is 2.19 bits per heavy atom. The number of aliphatic hydroxyl groups is 1. The third kappa shape index (κ3) is 3.19. The molecule has 3 rings (SSSR count). The number of methoxy groups -OCH3 is 1. The molecule has 2 aliphatic heterocycles. The first-order valence-electron chi connectivity index (χ1n) is 7.38. The van der Waals surface area contributed by atoms with E-state index in [4.69, 9.17) is 30.7 Å². The van der Waals surface area contributed by atoms with Gasteiger partial charge in [-0.25, -0.2) is 9.55 Å². The lowest BCUT2D eigenvalue weighted by Crippen LogP contribution is -2.50. The Kier molecular flexibility index (Phi) is 4.75. The average Bonchev–Trinajstić information content (AvgIpc) is 3.07. The number of nitrogen functional groups attached to an aromatic ring is 1. The third-order valence-corrected chi connectivity index (χ3v) is 4.75. The molecule has 0 spiro atoms. The molecule has 1 aromatic heterocycles. The van der Waals surface area contributed by atoms with Crippen molar-refractivity contribution in [1.82, 2.24) is 9.97 Å². The van der Waals surface area contributed by atoms with Crippen molar-refractivity contribution in [1.29, 1.82) is 0 Å². The van der Waals surface area contributed by atoms with Gasteiger partial charge < -0.3 is 35.8 Å². The Hall–Kier alpha value is -1.70. The van der Waals surface area contributed by atoms with E-state index in [-0.39, 0.29) is 17.3 Å². The fourth-order valence-electron chi connectivity index (χ4n) is 3.01. The third-order valence-electron chi connectivity index (χ3n) is 4.28. The van der Waals surface area contributed by atoms with Crippen molar-refractivity contribution in [3.63, 3.8) is 0 Å². The van der Waals surface area contributed by atoms with Crippen LogP contribution in [0, 0.1) is 0 Å². The smallest absolute Gasteiger partial charge is 0.386 e. The van der Waals surface area contributed by atoms with Gasteiger partial charge in [0.15, 0.2) is 5.69 Å². The van der Waals surface area contributed by atoms with Crippen LogP contribution in [0.3, 0.4) is 0 Å². The van der Waals surface area contributed by atoms with E-state index in [0.717, 1.165) is 0 Å². The summed E-state index contributed by atoms with van der Waals surface area (Å²) < 4.78 is 26.2. The molecule has 1 saturated heterocycles. The van der Waals surface area contributed by atoms with Gasteiger partial charge in [0.1, 0.15) is 12.7 Å². The fraction of sp³-hybridized carbons (Fsp3) is 0.583. The summed E-state index contributed by atoms with van der Waals surface area (Å²) in [5.74, 6) is -2.78. The van der Waals surface area contributed by atoms with E-state index in [0.29, 0.717) is 0 Å². The maximum atomic E-state index is 11.9. The van der Waals surface area contributed by atoms with Gasteiger partial charge in [-0.3, -0.25) is 19.3 Å². The Bertz CT molecular complexity index is 839. The van der Waals surface area contributed by atoms with Gasteiger partial charge in [0.05, 0.1) is 23.8 Å². The fourth-order valence-corrected chi connectivity index (χ4v) is 3.36. The topological polar surface area (TPSA) is 216 Å². The van der Waals surface area contributed by atoms with Crippen molar-refractivity contribution in [3.05, 3.63) is 16.0 Å². The first-order chi connectivity index (χ1) is 12.1. The number of aliphatic hydroxyl groups excluding tert-OH is 1. The molecule has 26 heavy (non-hydrogen) atoms. The molecular weight excluding hydrogens is 373 g/mol. The van der Waals surface area contributed by atoms with E-state index < -0.39 is 49.9 Å². The highest BCUT2D eigenvalue weighted by atomic mass is 31.2. The average molecular weight is 391 g/mol. The van der Waals surface area contributed by atoms with Crippen molar-refractivity contribution in [3.8, 4) is 0 Å². The van der Waals surface area contributed by atoms with Gasteiger partial charge in [-0.05, 0) is 0 Å². The number of anilines is 1. The van der Waals surface area contributed by atoms with Gasteiger partial charge in [0.25, 0.3) is 5.56 Å². The Balaban J connectivity index is 1.91. The Morgan fingerprint density at radius 3 is 2.81 bits per heavy atom. The molecule has 0 saturated carbocycles. The normalized spacial score (nSPS) is 33.6. The van der Waals surface area contributed by atoms with E-state index >= 15 is 0 Å². The summed E-state index contributed by atoms with van der Waals surface area (Å²) in [5, 5.41) is 10.4. The molecule has 5 atom stereocenters. The van der Waals surface area contributed by atoms with Crippen LogP contribution in [0.25, 0.3) is 0 Å². The molecule has 144 valence electrons. The van der Waals surface area contributed by atoms with E-state index in [1.54, 1.807) is 0 Å². The lowest BCUT2D eigenvalue weighted by atomic mass is 9.93. The van der Waals surface area contributed by atoms with Crippen LogP contribution in [0.2, 0.25) is 0 Å². The maximum Gasteiger partial charge on any atom is 0.469 e. The van der Waals surface area contributed by atoms with Crippen molar-refractivity contribution in [2.75, 3.05) is 19.5 Å². The lowest BCUT2D eigenvalue weighted by Gasteiger charge is -2.30. The van der Waals surface area contributed by atoms with E-state index in [1.165, 1.54) is 13.3 Å². The van der Waals surface area contributed by atoms with Crippen LogP contribution in [0.4, 0.5) is 11.6 Å². The van der Waals surface area contributed by atoms with Crippen molar-refractivity contribution < 1.29 is 33.5 Å². The predicted octanol–water partition coefficient (Wildman–Crippen LogP) is -2.31. The zero-order chi connectivity index (χ0) is 19.3. The SMILES string of the molecule is CO[C@]1(COP(=O)(O)O)O[C@@H](C2C=Nc3c2nc(N)[nH]c3=O)[C@@H](N)[C@@H]1O. The molecule has 0 amide bonds. The molecule has 2 aliphatic rings.